The SMILES string of the molecule is NBr.O=S(=O)(O)c1ccccc1.[Na]. The first-order valence-electron chi connectivity index (χ1n) is 2.85. The summed E-state index contributed by atoms with van der Waals surface area (Å²) in [5.41, 5.74) is 0. The zero-order chi connectivity index (χ0) is 9.61. The van der Waals surface area contributed by atoms with Crippen LogP contribution in [0.25, 0.3) is 0 Å². The largest absolute Gasteiger partial charge is 0.294 e. The molecule has 7 heteroatoms. The Balaban J connectivity index is 0. The van der Waals surface area contributed by atoms with Gasteiger partial charge in [-0.2, -0.15) is 8.42 Å². The predicted molar refractivity (Wildman–Crippen MR) is 55.1 cm³/mol. The van der Waals surface area contributed by atoms with Crippen LogP contribution >= 0.6 is 16.1 Å². The first kappa shape index (κ1) is 16.0. The van der Waals surface area contributed by atoms with Crippen LogP contribution in [0.5, 0.6) is 0 Å². The molecular weight excluding hydrogens is 269 g/mol. The standard InChI is InChI=1S/C6H6O3S.BrH2N.Na/c7-10(8,9)6-4-2-1-3-5-6;1-2;/h1-5H,(H,7,8,9);2H2;. The van der Waals surface area contributed by atoms with E-state index in [1.54, 1.807) is 18.2 Å². The van der Waals surface area contributed by atoms with Gasteiger partial charge in [-0.05, 0) is 12.1 Å². The molecule has 1 rings (SSSR count). The molecule has 1 radical (unpaired) electrons. The fraction of sp³-hybridized carbons (Fsp3) is 0. The van der Waals surface area contributed by atoms with Gasteiger partial charge in [0.1, 0.15) is 0 Å². The van der Waals surface area contributed by atoms with Crippen molar-refractivity contribution in [2.75, 3.05) is 0 Å². The first-order valence-corrected chi connectivity index (χ1v) is 5.20. The Hall–Kier alpha value is 0.570. The fourth-order valence-corrected chi connectivity index (χ4v) is 1.09. The molecule has 1 aromatic rings. The number of rotatable bonds is 1. The van der Waals surface area contributed by atoms with Gasteiger partial charge in [-0.1, -0.05) is 18.2 Å². The van der Waals surface area contributed by atoms with E-state index >= 15 is 0 Å². The summed E-state index contributed by atoms with van der Waals surface area (Å²) in [6.45, 7) is 0. The third kappa shape index (κ3) is 6.62. The van der Waals surface area contributed by atoms with Crippen molar-refractivity contribution >= 4 is 55.8 Å². The number of halogens is 1. The maximum atomic E-state index is 10.4. The summed E-state index contributed by atoms with van der Waals surface area (Å²) in [5.74, 6) is 0. The Morgan fingerprint density at radius 3 is 1.77 bits per heavy atom. The molecule has 0 aliphatic rings. The summed E-state index contributed by atoms with van der Waals surface area (Å²) in [6, 6.07) is 7.42. The van der Waals surface area contributed by atoms with Gasteiger partial charge in [-0.3, -0.25) is 9.31 Å². The van der Waals surface area contributed by atoms with Crippen LogP contribution in [0.4, 0.5) is 0 Å². The van der Waals surface area contributed by atoms with Gasteiger partial charge in [0, 0.05) is 45.7 Å². The van der Waals surface area contributed by atoms with E-state index in [1.807, 2.05) is 0 Å². The average molecular weight is 277 g/mol. The Bertz CT molecular complexity index is 316. The van der Waals surface area contributed by atoms with Crippen LogP contribution < -0.4 is 4.76 Å². The molecule has 0 aromatic heterocycles. The minimum absolute atomic E-state index is 0. The predicted octanol–water partition coefficient (Wildman–Crippen LogP) is 0.808. The second-order valence-corrected chi connectivity index (χ2v) is 3.21. The average Bonchev–Trinajstić information content (AvgIpc) is 2.08. The van der Waals surface area contributed by atoms with Crippen LogP contribution in [0, 0.1) is 0 Å². The molecule has 3 N–H and O–H groups in total. The quantitative estimate of drug-likeness (QED) is 0.452. The number of hydrogen-bond acceptors (Lipinski definition) is 3. The Labute approximate surface area is 108 Å². The van der Waals surface area contributed by atoms with Crippen LogP contribution in [0.2, 0.25) is 0 Å². The Kier molecular flexibility index (Phi) is 9.77. The molecule has 0 saturated carbocycles. The van der Waals surface area contributed by atoms with E-state index in [2.05, 4.69) is 20.9 Å². The molecule has 0 aliphatic heterocycles. The summed E-state index contributed by atoms with van der Waals surface area (Å²) in [7, 11) is -4.00. The number of benzene rings is 1. The van der Waals surface area contributed by atoms with Crippen molar-refractivity contribution < 1.29 is 13.0 Å². The van der Waals surface area contributed by atoms with Crippen LogP contribution in [-0.2, 0) is 10.1 Å². The van der Waals surface area contributed by atoms with Gasteiger partial charge in [0.2, 0.25) is 0 Å². The van der Waals surface area contributed by atoms with Gasteiger partial charge in [0.25, 0.3) is 10.1 Å². The van der Waals surface area contributed by atoms with Gasteiger partial charge in [0.15, 0.2) is 0 Å². The van der Waals surface area contributed by atoms with Gasteiger partial charge in [-0.25, -0.2) is 0 Å². The van der Waals surface area contributed by atoms with Crippen LogP contribution in [0.15, 0.2) is 35.2 Å². The molecule has 0 fully saturated rings. The van der Waals surface area contributed by atoms with Crippen molar-refractivity contribution in [3.05, 3.63) is 30.3 Å². The van der Waals surface area contributed by atoms with E-state index in [1.165, 1.54) is 12.1 Å². The molecule has 0 bridgehead atoms. The van der Waals surface area contributed by atoms with Gasteiger partial charge >= 0.3 is 0 Å². The maximum absolute atomic E-state index is 10.4. The Morgan fingerprint density at radius 2 is 1.54 bits per heavy atom. The van der Waals surface area contributed by atoms with Crippen molar-refractivity contribution in [2.45, 2.75) is 4.90 Å². The second kappa shape index (κ2) is 7.93. The summed E-state index contributed by atoms with van der Waals surface area (Å²) >= 11 is 2.44. The maximum Gasteiger partial charge on any atom is 0.294 e. The monoisotopic (exact) mass is 276 g/mol. The molecule has 0 atom stereocenters. The minimum Gasteiger partial charge on any atom is -0.282 e. The zero-order valence-electron chi connectivity index (χ0n) is 7.01. The fourth-order valence-electron chi connectivity index (χ4n) is 0.592. The molecule has 4 nitrogen and oxygen atoms in total. The molecule has 0 amide bonds. The van der Waals surface area contributed by atoms with E-state index < -0.39 is 10.1 Å². The molecule has 13 heavy (non-hydrogen) atoms. The molecule has 69 valence electrons. The van der Waals surface area contributed by atoms with Gasteiger partial charge < -0.3 is 0 Å². The van der Waals surface area contributed by atoms with E-state index in [0.29, 0.717) is 0 Å². The van der Waals surface area contributed by atoms with Crippen LogP contribution in [0.1, 0.15) is 0 Å². The third-order valence-electron chi connectivity index (χ3n) is 1.04. The summed E-state index contributed by atoms with van der Waals surface area (Å²) < 4.78 is 33.6. The second-order valence-electron chi connectivity index (χ2n) is 1.79. The van der Waals surface area contributed by atoms with E-state index in [-0.39, 0.29) is 34.5 Å². The van der Waals surface area contributed by atoms with Crippen molar-refractivity contribution in [2.24, 2.45) is 4.76 Å². The third-order valence-corrected chi connectivity index (χ3v) is 1.91. The molecular formula is C6H8BrNNaO3S. The number of nitrogens with two attached hydrogens (primary N) is 1. The zero-order valence-corrected chi connectivity index (χ0v) is 11.4. The van der Waals surface area contributed by atoms with E-state index in [9.17, 15) is 8.42 Å². The van der Waals surface area contributed by atoms with E-state index in [4.69, 9.17) is 4.55 Å². The minimum atomic E-state index is -4.00. The van der Waals surface area contributed by atoms with Crippen LogP contribution in [-0.4, -0.2) is 42.5 Å². The van der Waals surface area contributed by atoms with Gasteiger partial charge in [0.05, 0.1) is 4.90 Å². The molecule has 1 aromatic carbocycles. The van der Waals surface area contributed by atoms with Crippen molar-refractivity contribution in [1.29, 1.82) is 0 Å². The number of hydrogen-bond donors (Lipinski definition) is 2. The normalized spacial score (nSPS) is 9.15. The molecule has 0 spiro atoms. The molecule has 0 heterocycles. The van der Waals surface area contributed by atoms with Crippen molar-refractivity contribution in [3.8, 4) is 0 Å². The molecule has 0 saturated heterocycles. The molecule has 0 aliphatic carbocycles. The van der Waals surface area contributed by atoms with Gasteiger partial charge in [-0.15, -0.1) is 0 Å². The summed E-state index contributed by atoms with van der Waals surface area (Å²) in [5, 5.41) is 0. The summed E-state index contributed by atoms with van der Waals surface area (Å²) in [4.78, 5) is -0.0741. The first-order chi connectivity index (χ1) is 5.61. The summed E-state index contributed by atoms with van der Waals surface area (Å²) in [6.07, 6.45) is 0. The topological polar surface area (TPSA) is 80.4 Å². The Morgan fingerprint density at radius 1 is 1.15 bits per heavy atom. The van der Waals surface area contributed by atoms with Crippen molar-refractivity contribution in [3.63, 3.8) is 0 Å². The molecule has 0 unspecified atom stereocenters. The van der Waals surface area contributed by atoms with Crippen LogP contribution in [0.3, 0.4) is 0 Å². The van der Waals surface area contributed by atoms with Crippen molar-refractivity contribution in [1.82, 2.24) is 0 Å². The smallest absolute Gasteiger partial charge is 0.282 e. The van der Waals surface area contributed by atoms with E-state index in [0.717, 1.165) is 0 Å².